The number of hydrogen-bond acceptors (Lipinski definition) is 3. The van der Waals surface area contributed by atoms with E-state index in [2.05, 4.69) is 44.2 Å². The molecule has 0 saturated heterocycles. The summed E-state index contributed by atoms with van der Waals surface area (Å²) >= 11 is 3.53. The molecular weight excluding hydrogens is 266 g/mol. The molecular formula is C12H14BrN3. The van der Waals surface area contributed by atoms with Crippen molar-refractivity contribution in [2.24, 2.45) is 0 Å². The molecule has 4 heteroatoms. The smallest absolute Gasteiger partial charge is 0.126 e. The molecule has 0 fully saturated rings. The van der Waals surface area contributed by atoms with Gasteiger partial charge in [0.25, 0.3) is 0 Å². The van der Waals surface area contributed by atoms with Crippen molar-refractivity contribution in [3.63, 3.8) is 0 Å². The van der Waals surface area contributed by atoms with Crippen molar-refractivity contribution in [3.05, 3.63) is 34.2 Å². The molecule has 3 nitrogen and oxygen atoms in total. The zero-order valence-corrected chi connectivity index (χ0v) is 11.2. The highest BCUT2D eigenvalue weighted by Gasteiger charge is 2.12. The zero-order chi connectivity index (χ0) is 11.7. The van der Waals surface area contributed by atoms with Gasteiger partial charge in [0.15, 0.2) is 0 Å². The van der Waals surface area contributed by atoms with Gasteiger partial charge >= 0.3 is 0 Å². The Morgan fingerprint density at radius 2 is 2.06 bits per heavy atom. The Bertz CT molecular complexity index is 525. The van der Waals surface area contributed by atoms with E-state index >= 15 is 0 Å². The predicted octanol–water partition coefficient (Wildman–Crippen LogP) is 2.98. The maximum absolute atomic E-state index is 4.52. The highest BCUT2D eigenvalue weighted by atomic mass is 79.9. The first-order chi connectivity index (χ1) is 7.63. The summed E-state index contributed by atoms with van der Waals surface area (Å²) in [5.74, 6) is 0.802. The minimum atomic E-state index is 0.221. The normalized spacial score (nSPS) is 13.0. The minimum absolute atomic E-state index is 0.221. The fourth-order valence-corrected chi connectivity index (χ4v) is 2.18. The van der Waals surface area contributed by atoms with Gasteiger partial charge in [-0.15, -0.1) is 0 Å². The Morgan fingerprint density at radius 1 is 1.31 bits per heavy atom. The first-order valence-corrected chi connectivity index (χ1v) is 6.03. The van der Waals surface area contributed by atoms with Crippen LogP contribution < -0.4 is 5.32 Å². The summed E-state index contributed by atoms with van der Waals surface area (Å²) in [5.41, 5.74) is 2.03. The molecule has 0 bridgehead atoms. The van der Waals surface area contributed by atoms with E-state index in [1.165, 1.54) is 0 Å². The van der Waals surface area contributed by atoms with E-state index in [-0.39, 0.29) is 6.04 Å². The lowest BCUT2D eigenvalue weighted by atomic mass is 10.1. The lowest BCUT2D eigenvalue weighted by Crippen LogP contribution is -2.15. The Hall–Kier alpha value is -1.00. The van der Waals surface area contributed by atoms with Gasteiger partial charge in [0, 0.05) is 15.9 Å². The van der Waals surface area contributed by atoms with Crippen molar-refractivity contribution in [2.45, 2.75) is 19.9 Å². The first-order valence-electron chi connectivity index (χ1n) is 5.23. The topological polar surface area (TPSA) is 37.8 Å². The van der Waals surface area contributed by atoms with Crippen LogP contribution in [0.2, 0.25) is 0 Å². The molecule has 1 N–H and O–H groups in total. The lowest BCUT2D eigenvalue weighted by Gasteiger charge is -2.13. The number of rotatable bonds is 2. The Balaban J connectivity index is 2.78. The van der Waals surface area contributed by atoms with Gasteiger partial charge in [-0.1, -0.05) is 12.1 Å². The summed E-state index contributed by atoms with van der Waals surface area (Å²) in [4.78, 5) is 8.99. The number of hydrogen-bond donors (Lipinski definition) is 1. The molecule has 0 amide bonds. The van der Waals surface area contributed by atoms with Gasteiger partial charge in [-0.05, 0) is 42.9 Å². The molecule has 0 aliphatic heterocycles. The van der Waals surface area contributed by atoms with E-state index in [0.717, 1.165) is 26.9 Å². The molecule has 2 rings (SSSR count). The maximum atomic E-state index is 4.52. The Labute approximate surface area is 103 Å². The third-order valence-electron chi connectivity index (χ3n) is 2.66. The molecule has 0 saturated carbocycles. The number of halogens is 1. The third kappa shape index (κ3) is 1.95. The van der Waals surface area contributed by atoms with Crippen LogP contribution >= 0.6 is 15.9 Å². The first kappa shape index (κ1) is 11.5. The summed E-state index contributed by atoms with van der Waals surface area (Å²) in [7, 11) is 1.94. The average molecular weight is 280 g/mol. The van der Waals surface area contributed by atoms with Gasteiger partial charge in [0.05, 0.1) is 11.2 Å². The Morgan fingerprint density at radius 3 is 2.75 bits per heavy atom. The van der Waals surface area contributed by atoms with Crippen LogP contribution in [0.4, 0.5) is 0 Å². The summed E-state index contributed by atoms with van der Waals surface area (Å²) in [6.07, 6.45) is 0. The van der Waals surface area contributed by atoms with Crippen LogP contribution in [0.3, 0.4) is 0 Å². The van der Waals surface area contributed by atoms with Crippen molar-refractivity contribution < 1.29 is 0 Å². The molecule has 1 unspecified atom stereocenters. The molecule has 16 heavy (non-hydrogen) atoms. The van der Waals surface area contributed by atoms with Gasteiger partial charge < -0.3 is 5.32 Å². The number of para-hydroxylation sites is 1. The standard InChI is InChI=1S/C12H14BrN3/c1-7(14-3)11-9-5-4-6-10(13)12(9)16-8(2)15-11/h4-7,14H,1-3H3. The quantitative estimate of drug-likeness (QED) is 0.919. The highest BCUT2D eigenvalue weighted by Crippen LogP contribution is 2.26. The summed E-state index contributed by atoms with van der Waals surface area (Å²) < 4.78 is 1.01. The van der Waals surface area contributed by atoms with E-state index < -0.39 is 0 Å². The number of nitrogens with one attached hydrogen (secondary N) is 1. The van der Waals surface area contributed by atoms with Gasteiger partial charge in [0.2, 0.25) is 0 Å². The van der Waals surface area contributed by atoms with Gasteiger partial charge in [0.1, 0.15) is 5.82 Å². The molecule has 1 aromatic carbocycles. The van der Waals surface area contributed by atoms with E-state index in [1.807, 2.05) is 26.1 Å². The third-order valence-corrected chi connectivity index (χ3v) is 3.30. The molecule has 0 radical (unpaired) electrons. The van der Waals surface area contributed by atoms with Gasteiger partial charge in [-0.3, -0.25) is 0 Å². The lowest BCUT2D eigenvalue weighted by molar-refractivity contribution is 0.634. The molecule has 1 aromatic heterocycles. The van der Waals surface area contributed by atoms with Gasteiger partial charge in [-0.2, -0.15) is 0 Å². The average Bonchev–Trinajstić information content (AvgIpc) is 2.28. The second-order valence-electron chi connectivity index (χ2n) is 3.80. The molecule has 0 aliphatic carbocycles. The number of fused-ring (bicyclic) bond motifs is 1. The highest BCUT2D eigenvalue weighted by molar-refractivity contribution is 9.10. The number of aromatic nitrogens is 2. The van der Waals surface area contributed by atoms with E-state index in [9.17, 15) is 0 Å². The molecule has 2 aromatic rings. The molecule has 0 aliphatic rings. The van der Waals surface area contributed by atoms with Crippen LogP contribution in [-0.4, -0.2) is 17.0 Å². The molecule has 0 spiro atoms. The summed E-state index contributed by atoms with van der Waals surface area (Å²) in [5, 5.41) is 4.31. The van der Waals surface area contributed by atoms with Crippen LogP contribution in [0.5, 0.6) is 0 Å². The second kappa shape index (κ2) is 4.47. The van der Waals surface area contributed by atoms with Crippen LogP contribution in [-0.2, 0) is 0 Å². The fourth-order valence-electron chi connectivity index (χ4n) is 1.72. The molecule has 84 valence electrons. The van der Waals surface area contributed by atoms with Crippen LogP contribution in [0.15, 0.2) is 22.7 Å². The summed E-state index contributed by atoms with van der Waals surface area (Å²) in [6, 6.07) is 6.29. The minimum Gasteiger partial charge on any atom is -0.312 e. The van der Waals surface area contributed by atoms with Crippen molar-refractivity contribution in [3.8, 4) is 0 Å². The van der Waals surface area contributed by atoms with Crippen molar-refractivity contribution in [1.82, 2.24) is 15.3 Å². The van der Waals surface area contributed by atoms with E-state index in [0.29, 0.717) is 0 Å². The fraction of sp³-hybridized carbons (Fsp3) is 0.333. The zero-order valence-electron chi connectivity index (χ0n) is 9.58. The maximum Gasteiger partial charge on any atom is 0.126 e. The van der Waals surface area contributed by atoms with Crippen molar-refractivity contribution >= 4 is 26.8 Å². The van der Waals surface area contributed by atoms with E-state index in [1.54, 1.807) is 0 Å². The second-order valence-corrected chi connectivity index (χ2v) is 4.66. The number of aryl methyl sites for hydroxylation is 1. The van der Waals surface area contributed by atoms with E-state index in [4.69, 9.17) is 0 Å². The van der Waals surface area contributed by atoms with Crippen LogP contribution in [0.25, 0.3) is 10.9 Å². The van der Waals surface area contributed by atoms with Crippen LogP contribution in [0, 0.1) is 6.92 Å². The largest absolute Gasteiger partial charge is 0.312 e. The summed E-state index contributed by atoms with van der Waals surface area (Å²) in [6.45, 7) is 4.02. The van der Waals surface area contributed by atoms with Crippen LogP contribution in [0.1, 0.15) is 24.5 Å². The Kier molecular flexibility index (Phi) is 3.21. The monoisotopic (exact) mass is 279 g/mol. The SMILES string of the molecule is CNC(C)c1nc(C)nc2c(Br)cccc12. The predicted molar refractivity (Wildman–Crippen MR) is 69.4 cm³/mol. The number of benzene rings is 1. The molecule has 1 atom stereocenters. The molecule has 1 heterocycles. The van der Waals surface area contributed by atoms with Crippen molar-refractivity contribution in [2.75, 3.05) is 7.05 Å². The van der Waals surface area contributed by atoms with Crippen molar-refractivity contribution in [1.29, 1.82) is 0 Å². The van der Waals surface area contributed by atoms with Gasteiger partial charge in [-0.25, -0.2) is 9.97 Å². The number of nitrogens with zero attached hydrogens (tertiary/aromatic N) is 2.